The Morgan fingerprint density at radius 2 is 1.92 bits per heavy atom. The zero-order valence-corrected chi connectivity index (χ0v) is 13.7. The average Bonchev–Trinajstić information content (AvgIpc) is 2.65. The fourth-order valence-corrected chi connectivity index (χ4v) is 2.37. The lowest BCUT2D eigenvalue weighted by Crippen LogP contribution is -2.40. The SMILES string of the molecule is O=C(/C=C/c1ccc(OC(F)F)cc1)NC[C@@H]1COc2ccccc2O1. The van der Waals surface area contributed by atoms with Crippen LogP contribution in [0.2, 0.25) is 0 Å². The standard InChI is InChI=1S/C19H17F2NO4/c20-19(21)26-14-8-5-13(6-9-14)7-10-18(23)22-11-15-12-24-16-3-1-2-4-17(16)25-15/h1-10,15,19H,11-12H2,(H,22,23)/b10-7+/t15-/m1/s1. The molecule has 0 aliphatic carbocycles. The van der Waals surface area contributed by atoms with Gasteiger partial charge in [0.15, 0.2) is 11.5 Å². The first-order valence-electron chi connectivity index (χ1n) is 7.99. The molecular formula is C19H17F2NO4. The first-order valence-corrected chi connectivity index (χ1v) is 7.99. The van der Waals surface area contributed by atoms with E-state index in [0.29, 0.717) is 30.2 Å². The lowest BCUT2D eigenvalue weighted by Gasteiger charge is -2.26. The Labute approximate surface area is 149 Å². The van der Waals surface area contributed by atoms with Crippen LogP contribution in [-0.4, -0.2) is 31.8 Å². The third-order valence-corrected chi connectivity index (χ3v) is 3.60. The molecule has 0 aromatic heterocycles. The van der Waals surface area contributed by atoms with E-state index in [1.807, 2.05) is 24.3 Å². The molecule has 0 unspecified atom stereocenters. The van der Waals surface area contributed by atoms with Crippen LogP contribution >= 0.6 is 0 Å². The molecule has 1 aliphatic rings. The molecule has 0 bridgehead atoms. The Morgan fingerprint density at radius 1 is 1.19 bits per heavy atom. The van der Waals surface area contributed by atoms with Crippen molar-refractivity contribution in [1.29, 1.82) is 0 Å². The number of amides is 1. The number of hydrogen-bond donors (Lipinski definition) is 1. The summed E-state index contributed by atoms with van der Waals surface area (Å²) in [6.45, 7) is -2.20. The van der Waals surface area contributed by atoms with Crippen LogP contribution in [0.1, 0.15) is 5.56 Å². The summed E-state index contributed by atoms with van der Waals surface area (Å²) in [5.74, 6) is 1.12. The summed E-state index contributed by atoms with van der Waals surface area (Å²) in [5.41, 5.74) is 0.688. The molecule has 1 amide bonds. The van der Waals surface area contributed by atoms with Gasteiger partial charge in [-0.2, -0.15) is 8.78 Å². The van der Waals surface area contributed by atoms with Gasteiger partial charge in [-0.15, -0.1) is 0 Å². The van der Waals surface area contributed by atoms with E-state index in [4.69, 9.17) is 9.47 Å². The zero-order chi connectivity index (χ0) is 18.4. The van der Waals surface area contributed by atoms with Gasteiger partial charge >= 0.3 is 6.61 Å². The second kappa shape index (κ2) is 8.33. The van der Waals surface area contributed by atoms with Crippen LogP contribution in [0.15, 0.2) is 54.6 Å². The number of rotatable bonds is 6. The van der Waals surface area contributed by atoms with E-state index in [1.54, 1.807) is 18.2 Å². The van der Waals surface area contributed by atoms with E-state index in [0.717, 1.165) is 0 Å². The summed E-state index contributed by atoms with van der Waals surface area (Å²) in [4.78, 5) is 11.9. The van der Waals surface area contributed by atoms with Crippen molar-refractivity contribution in [3.63, 3.8) is 0 Å². The minimum atomic E-state index is -2.86. The van der Waals surface area contributed by atoms with Crippen molar-refractivity contribution in [2.24, 2.45) is 0 Å². The van der Waals surface area contributed by atoms with Crippen LogP contribution < -0.4 is 19.5 Å². The number of carbonyl (C=O) groups excluding carboxylic acids is 1. The average molecular weight is 361 g/mol. The molecule has 1 aliphatic heterocycles. The first kappa shape index (κ1) is 17.7. The van der Waals surface area contributed by atoms with Crippen LogP contribution in [-0.2, 0) is 4.79 Å². The van der Waals surface area contributed by atoms with Gasteiger partial charge in [-0.25, -0.2) is 0 Å². The maximum atomic E-state index is 12.1. The van der Waals surface area contributed by atoms with Gasteiger partial charge in [-0.3, -0.25) is 4.79 Å². The maximum Gasteiger partial charge on any atom is 0.387 e. The molecule has 0 spiro atoms. The third kappa shape index (κ3) is 4.95. The van der Waals surface area contributed by atoms with Crippen molar-refractivity contribution in [2.45, 2.75) is 12.7 Å². The second-order valence-corrected chi connectivity index (χ2v) is 5.52. The Balaban J connectivity index is 1.46. The van der Waals surface area contributed by atoms with Gasteiger partial charge in [-0.1, -0.05) is 24.3 Å². The van der Waals surface area contributed by atoms with E-state index in [1.165, 1.54) is 18.2 Å². The van der Waals surface area contributed by atoms with Crippen molar-refractivity contribution in [1.82, 2.24) is 5.32 Å². The topological polar surface area (TPSA) is 56.8 Å². The Kier molecular flexibility index (Phi) is 5.68. The fourth-order valence-electron chi connectivity index (χ4n) is 2.37. The Hall–Kier alpha value is -3.09. The fraction of sp³-hybridized carbons (Fsp3) is 0.211. The Bertz CT molecular complexity index is 777. The number of alkyl halides is 2. The molecule has 136 valence electrons. The smallest absolute Gasteiger partial charge is 0.387 e. The van der Waals surface area contributed by atoms with Crippen molar-refractivity contribution < 1.29 is 27.8 Å². The summed E-state index contributed by atoms with van der Waals surface area (Å²) < 4.78 is 39.8. The molecule has 5 nitrogen and oxygen atoms in total. The van der Waals surface area contributed by atoms with Gasteiger partial charge < -0.3 is 19.5 Å². The van der Waals surface area contributed by atoms with E-state index in [-0.39, 0.29) is 17.8 Å². The number of hydrogen-bond acceptors (Lipinski definition) is 4. The summed E-state index contributed by atoms with van der Waals surface area (Å²) in [7, 11) is 0. The predicted molar refractivity (Wildman–Crippen MR) is 91.5 cm³/mol. The zero-order valence-electron chi connectivity index (χ0n) is 13.7. The number of fused-ring (bicyclic) bond motifs is 1. The van der Waals surface area contributed by atoms with E-state index < -0.39 is 6.61 Å². The van der Waals surface area contributed by atoms with Crippen LogP contribution in [0.3, 0.4) is 0 Å². The highest BCUT2D eigenvalue weighted by molar-refractivity contribution is 5.91. The minimum Gasteiger partial charge on any atom is -0.486 e. The number of halogens is 2. The van der Waals surface area contributed by atoms with Gasteiger partial charge in [0.05, 0.1) is 6.54 Å². The normalized spacial score (nSPS) is 15.9. The molecule has 1 atom stereocenters. The summed E-state index contributed by atoms with van der Waals surface area (Å²) in [6.07, 6.45) is 2.67. The Morgan fingerprint density at radius 3 is 2.65 bits per heavy atom. The van der Waals surface area contributed by atoms with Gasteiger partial charge in [0.25, 0.3) is 0 Å². The quantitative estimate of drug-likeness (QED) is 0.803. The van der Waals surface area contributed by atoms with Gasteiger partial charge in [0, 0.05) is 6.08 Å². The molecule has 7 heteroatoms. The minimum absolute atomic E-state index is 0.0660. The molecule has 0 radical (unpaired) electrons. The monoisotopic (exact) mass is 361 g/mol. The summed E-state index contributed by atoms with van der Waals surface area (Å²) in [6, 6.07) is 13.3. The summed E-state index contributed by atoms with van der Waals surface area (Å²) in [5, 5.41) is 2.74. The van der Waals surface area contributed by atoms with Crippen LogP contribution in [0.4, 0.5) is 8.78 Å². The molecule has 2 aromatic carbocycles. The highest BCUT2D eigenvalue weighted by Crippen LogP contribution is 2.30. The first-order chi connectivity index (χ1) is 12.6. The maximum absolute atomic E-state index is 12.1. The molecule has 26 heavy (non-hydrogen) atoms. The number of nitrogens with one attached hydrogen (secondary N) is 1. The molecular weight excluding hydrogens is 344 g/mol. The molecule has 3 rings (SSSR count). The van der Waals surface area contributed by atoms with Crippen LogP contribution in [0.25, 0.3) is 6.08 Å². The van der Waals surface area contributed by atoms with E-state index in [2.05, 4.69) is 10.1 Å². The number of ether oxygens (including phenoxy) is 3. The van der Waals surface area contributed by atoms with Gasteiger partial charge in [0.2, 0.25) is 5.91 Å². The van der Waals surface area contributed by atoms with Crippen molar-refractivity contribution in [2.75, 3.05) is 13.2 Å². The largest absolute Gasteiger partial charge is 0.486 e. The number of carbonyl (C=O) groups is 1. The highest BCUT2D eigenvalue weighted by Gasteiger charge is 2.20. The van der Waals surface area contributed by atoms with Crippen molar-refractivity contribution in [3.05, 3.63) is 60.2 Å². The molecule has 2 aromatic rings. The molecule has 1 heterocycles. The van der Waals surface area contributed by atoms with Crippen molar-refractivity contribution in [3.8, 4) is 17.2 Å². The second-order valence-electron chi connectivity index (χ2n) is 5.52. The molecule has 1 N–H and O–H groups in total. The lowest BCUT2D eigenvalue weighted by molar-refractivity contribution is -0.116. The van der Waals surface area contributed by atoms with E-state index in [9.17, 15) is 13.6 Å². The third-order valence-electron chi connectivity index (χ3n) is 3.60. The number of benzene rings is 2. The molecule has 0 fully saturated rings. The van der Waals surface area contributed by atoms with Crippen molar-refractivity contribution >= 4 is 12.0 Å². The van der Waals surface area contributed by atoms with Gasteiger partial charge in [-0.05, 0) is 35.9 Å². The highest BCUT2D eigenvalue weighted by atomic mass is 19.3. The molecule has 0 saturated carbocycles. The van der Waals surface area contributed by atoms with Gasteiger partial charge in [0.1, 0.15) is 18.5 Å². The van der Waals surface area contributed by atoms with Crippen LogP contribution in [0, 0.1) is 0 Å². The lowest BCUT2D eigenvalue weighted by atomic mass is 10.2. The summed E-state index contributed by atoms with van der Waals surface area (Å²) >= 11 is 0. The predicted octanol–water partition coefficient (Wildman–Crippen LogP) is 3.26. The number of para-hydroxylation sites is 2. The molecule has 0 saturated heterocycles. The van der Waals surface area contributed by atoms with E-state index >= 15 is 0 Å². The van der Waals surface area contributed by atoms with Crippen LogP contribution in [0.5, 0.6) is 17.2 Å².